The Morgan fingerprint density at radius 2 is 1.44 bits per heavy atom. The molecule has 484 valence electrons. The summed E-state index contributed by atoms with van der Waals surface area (Å²) in [7, 11) is 3.24. The number of hydrogen-bond donors (Lipinski definition) is 11. The van der Waals surface area contributed by atoms with Gasteiger partial charge in [0.1, 0.15) is 30.4 Å². The summed E-state index contributed by atoms with van der Waals surface area (Å²) in [5, 5.41) is 33.1. The average Bonchev–Trinajstić information content (AvgIpc) is 0.794. The number of hydrogen-bond acceptors (Lipinski definition) is 14. The van der Waals surface area contributed by atoms with Crippen molar-refractivity contribution in [1.82, 2.24) is 35.0 Å². The molecule has 0 aromatic heterocycles. The normalized spacial score (nSPS) is 15.0. The Morgan fingerprint density at radius 3 is 2.04 bits per heavy atom. The number of carboxylic acid groups (broad SMARTS) is 1. The van der Waals surface area contributed by atoms with Crippen molar-refractivity contribution in [2.24, 2.45) is 28.1 Å². The summed E-state index contributed by atoms with van der Waals surface area (Å²) in [4.78, 5) is 124. The van der Waals surface area contributed by atoms with E-state index in [0.29, 0.717) is 50.7 Å². The van der Waals surface area contributed by atoms with Gasteiger partial charge in [-0.2, -0.15) is 5.11 Å². The first-order valence-electron chi connectivity index (χ1n) is 29.6. The number of benzene rings is 4. The van der Waals surface area contributed by atoms with Crippen LogP contribution in [0, 0.1) is 22.8 Å². The summed E-state index contributed by atoms with van der Waals surface area (Å²) in [6.07, 6.45) is 0.598. The molecule has 1 heterocycles. The van der Waals surface area contributed by atoms with E-state index in [4.69, 9.17) is 16.0 Å². The quantitative estimate of drug-likeness (QED) is 0.00836. The topological polar surface area (TPSA) is 348 Å². The summed E-state index contributed by atoms with van der Waals surface area (Å²) >= 11 is 1.97. The molecule has 0 spiro atoms. The molecular formula is C65H86IN13O11. The smallest absolute Gasteiger partial charge is 0.411 e. The molecule has 12 N–H and O–H groups in total. The van der Waals surface area contributed by atoms with Crippen molar-refractivity contribution in [3.05, 3.63) is 137 Å². The number of urea groups is 1. The van der Waals surface area contributed by atoms with E-state index in [1.54, 1.807) is 93.5 Å². The van der Waals surface area contributed by atoms with Gasteiger partial charge in [0, 0.05) is 59.9 Å². The Hall–Kier alpha value is -8.72. The first kappa shape index (κ1) is 72.0. The van der Waals surface area contributed by atoms with Gasteiger partial charge in [-0.05, 0) is 91.1 Å². The lowest BCUT2D eigenvalue weighted by molar-refractivity contribution is -0.141. The number of carboxylic acids is 1. The van der Waals surface area contributed by atoms with Gasteiger partial charge in [0.15, 0.2) is 0 Å². The number of likely N-dealkylation sites (N-methyl/N-ethyl adjacent to an activating group) is 2. The molecule has 90 heavy (non-hydrogen) atoms. The van der Waals surface area contributed by atoms with Crippen LogP contribution in [0.5, 0.6) is 0 Å². The van der Waals surface area contributed by atoms with Crippen molar-refractivity contribution >= 4 is 105 Å². The van der Waals surface area contributed by atoms with E-state index < -0.39 is 88.7 Å². The van der Waals surface area contributed by atoms with Gasteiger partial charge < -0.3 is 60.8 Å². The lowest BCUT2D eigenvalue weighted by Crippen LogP contribution is -2.61. The molecule has 0 bridgehead atoms. The molecular weight excluding hydrogens is 1270 g/mol. The van der Waals surface area contributed by atoms with Crippen molar-refractivity contribution in [2.75, 3.05) is 36.2 Å². The molecule has 5 rings (SSSR count). The Kier molecular flexibility index (Phi) is 26.1. The van der Waals surface area contributed by atoms with Crippen molar-refractivity contribution < 1.29 is 53.0 Å². The van der Waals surface area contributed by atoms with Crippen LogP contribution >= 0.6 is 22.9 Å². The number of carbonyl (C=O) groups excluding carboxylic acids is 8. The number of aliphatic carboxylic acids is 1. The molecule has 25 heteroatoms. The number of para-hydroxylation sites is 1. The number of rotatable bonds is 28. The van der Waals surface area contributed by atoms with Crippen LogP contribution in [-0.4, -0.2) is 114 Å². The van der Waals surface area contributed by atoms with Gasteiger partial charge in [-0.25, -0.2) is 19.9 Å². The largest absolute Gasteiger partial charge is 0.478 e. The van der Waals surface area contributed by atoms with Gasteiger partial charge in [0.2, 0.25) is 35.4 Å². The number of nitrogens with zero attached hydrogens (tertiary/aromatic N) is 3. The van der Waals surface area contributed by atoms with Crippen LogP contribution < -0.4 is 51.4 Å². The minimum atomic E-state index is -1.15. The fraction of sp³-hybridized carbons (Fsp3) is 0.431. The Balaban J connectivity index is 1.20. The first-order chi connectivity index (χ1) is 42.4. The number of carbonyl (C=O) groups is 9. The third-order valence-electron chi connectivity index (χ3n) is 15.6. The van der Waals surface area contributed by atoms with Crippen LogP contribution in [0.15, 0.2) is 114 Å². The molecule has 0 unspecified atom stereocenters. The molecule has 5 atom stereocenters. The molecule has 4 aromatic rings. The van der Waals surface area contributed by atoms with Crippen LogP contribution in [0.1, 0.15) is 123 Å². The van der Waals surface area contributed by atoms with E-state index in [9.17, 15) is 48.3 Å². The van der Waals surface area contributed by atoms with Crippen LogP contribution in [-0.2, 0) is 56.9 Å². The number of anilines is 3. The highest BCUT2D eigenvalue weighted by Gasteiger charge is 2.42. The van der Waals surface area contributed by atoms with Crippen LogP contribution in [0.4, 0.5) is 26.7 Å². The Morgan fingerprint density at radius 1 is 0.789 bits per heavy atom. The monoisotopic (exact) mass is 1350 g/mol. The number of nitrogens with one attached hydrogen (secondary N) is 9. The maximum Gasteiger partial charge on any atom is 0.411 e. The van der Waals surface area contributed by atoms with E-state index in [1.165, 1.54) is 11.8 Å². The summed E-state index contributed by atoms with van der Waals surface area (Å²) < 4.78 is 8.69. The number of halogens is 1. The van der Waals surface area contributed by atoms with E-state index in [-0.39, 0.29) is 68.7 Å². The van der Waals surface area contributed by atoms with Crippen molar-refractivity contribution in [3.63, 3.8) is 0 Å². The minimum Gasteiger partial charge on any atom is -0.478 e. The highest BCUT2D eigenvalue weighted by atomic mass is 127. The molecule has 1 aliphatic rings. The molecule has 24 nitrogen and oxygen atoms in total. The number of ether oxygens (including phenoxy) is 1. The zero-order valence-electron chi connectivity index (χ0n) is 53.1. The van der Waals surface area contributed by atoms with Crippen molar-refractivity contribution in [1.29, 1.82) is 5.53 Å². The van der Waals surface area contributed by atoms with E-state index in [1.807, 2.05) is 114 Å². The fourth-order valence-electron chi connectivity index (χ4n) is 10.5. The third kappa shape index (κ3) is 19.4. The molecule has 0 fully saturated rings. The number of fused-ring (bicyclic) bond motifs is 2. The summed E-state index contributed by atoms with van der Waals surface area (Å²) in [5.41, 5.74) is 17.3. The highest BCUT2D eigenvalue weighted by molar-refractivity contribution is 14.1. The number of nitrogens with two attached hydrogens (primary N) is 1. The predicted molar refractivity (Wildman–Crippen MR) is 353 cm³/mol. The SMILES string of the molecule is CN[C@H](C(=O)N[C@H](C(=O)N(C)[C@H](/C=C(\C)C(=O)O)C(C)C)C(C)(C)C)C(C)(C)c1cccc(NC(=O)OCc2ccc(NC(=O)[C@H](CCCNC(N)=O)NC(=O)[C@@H](NC(=O)CCC(=O)N3Cc4ccccc4/C(N=N)=C(/NI)c4ccccc43)C(C)C)cc2)c1. The van der Waals surface area contributed by atoms with Gasteiger partial charge in [-0.15, -0.1) is 0 Å². The maximum atomic E-state index is 14.3. The number of primary amides is 1. The maximum absolute atomic E-state index is 14.3. The minimum absolute atomic E-state index is 0.0643. The standard InChI is InChI=1S/C65H86IN13O11/c1-37(2)49(33-39(5)61(86)87)78(12)60(85)56(64(6,7)8)75-59(84)55(69-11)65(9,10)42-20-17-21-44(34-42)72-63(89)90-36-40-26-28-43(29-27-40)71-57(82)47(24-18-32-70-62(67)88)73-58(83)52(38(3)4)74-50(80)30-31-51(81)79-35-41-19-13-14-22-45(41)54(77-68)53(76-66)46-23-15-16-25-48(46)79/h13-17,19-23,25-29,33-34,37-38,47,49,52,55-56,68-69,76H,18,24,30-32,35-36H2,1-12H3,(H,71,82)(H,72,89)(H,73,83)(H,74,80)(H,75,84)(H,86,87)(H3,67,70,88)/b39-33+,54-53-,77-68?/t47-,49+,52-,55+,56+/m0/s1. The lowest BCUT2D eigenvalue weighted by Gasteiger charge is -2.40. The second-order valence-electron chi connectivity index (χ2n) is 24.4. The van der Waals surface area contributed by atoms with E-state index in [2.05, 4.69) is 45.9 Å². The second-order valence-corrected chi connectivity index (χ2v) is 25.0. The highest BCUT2D eigenvalue weighted by Crippen LogP contribution is 2.38. The third-order valence-corrected chi connectivity index (χ3v) is 16.1. The van der Waals surface area contributed by atoms with Crippen molar-refractivity contribution in [3.8, 4) is 0 Å². The first-order valence-corrected chi connectivity index (χ1v) is 30.7. The zero-order valence-corrected chi connectivity index (χ0v) is 55.3. The average molecular weight is 1350 g/mol. The molecule has 0 radical (unpaired) electrons. The molecule has 0 saturated carbocycles. The van der Waals surface area contributed by atoms with Crippen LogP contribution in [0.3, 0.4) is 0 Å². The van der Waals surface area contributed by atoms with Crippen molar-refractivity contribution in [2.45, 2.75) is 144 Å². The Labute approximate surface area is 540 Å². The van der Waals surface area contributed by atoms with Gasteiger partial charge in [-0.1, -0.05) is 135 Å². The van der Waals surface area contributed by atoms with Gasteiger partial charge in [0.25, 0.3) is 0 Å². The zero-order chi connectivity index (χ0) is 66.8. The van der Waals surface area contributed by atoms with E-state index in [0.717, 1.165) is 5.56 Å². The van der Waals surface area contributed by atoms with Gasteiger partial charge >= 0.3 is 18.1 Å². The molecule has 4 aromatic carbocycles. The molecule has 0 saturated heterocycles. The predicted octanol–water partition coefficient (Wildman–Crippen LogP) is 8.48. The van der Waals surface area contributed by atoms with Crippen LogP contribution in [0.2, 0.25) is 0 Å². The summed E-state index contributed by atoms with van der Waals surface area (Å²) in [6, 6.07) is 22.5. The Bertz CT molecular complexity index is 3340. The molecule has 1 aliphatic heterocycles. The summed E-state index contributed by atoms with van der Waals surface area (Å²) in [6.45, 7) is 18.0. The lowest BCUT2D eigenvalue weighted by atomic mass is 9.76. The van der Waals surface area contributed by atoms with Crippen LogP contribution in [0.25, 0.3) is 11.4 Å². The number of amides is 9. The van der Waals surface area contributed by atoms with Gasteiger partial charge in [0.05, 0.1) is 52.9 Å². The summed E-state index contributed by atoms with van der Waals surface area (Å²) in [5.74, 6) is -4.69. The second kappa shape index (κ2) is 32.7. The molecule has 9 amide bonds. The molecule has 0 aliphatic carbocycles. The van der Waals surface area contributed by atoms with Gasteiger partial charge in [-0.3, -0.25) is 34.1 Å². The van der Waals surface area contributed by atoms with E-state index >= 15 is 0 Å². The fourth-order valence-corrected chi connectivity index (χ4v) is 11.0.